The zero-order chi connectivity index (χ0) is 15.6. The van der Waals surface area contributed by atoms with Gasteiger partial charge in [-0.2, -0.15) is 0 Å². The van der Waals surface area contributed by atoms with Gasteiger partial charge in [0.1, 0.15) is 5.75 Å². The summed E-state index contributed by atoms with van der Waals surface area (Å²) in [6.45, 7) is 12.2. The molecule has 0 aliphatic heterocycles. The molecule has 3 nitrogen and oxygen atoms in total. The van der Waals surface area contributed by atoms with Gasteiger partial charge in [-0.05, 0) is 44.6 Å². The standard InChI is InChI=1S/C18H30N2O/c1-7-8-19-16(14-10-18(14,4)5)9-15-13(3)17(21-6)12(2)11-20-15/h11,14,16,19H,7-10H2,1-6H3. The van der Waals surface area contributed by atoms with E-state index in [1.54, 1.807) is 7.11 Å². The molecule has 0 bridgehead atoms. The summed E-state index contributed by atoms with van der Waals surface area (Å²) in [7, 11) is 1.75. The van der Waals surface area contributed by atoms with E-state index in [0.29, 0.717) is 11.5 Å². The van der Waals surface area contributed by atoms with Crippen LogP contribution in [0.25, 0.3) is 0 Å². The third-order valence-corrected chi connectivity index (χ3v) is 4.89. The van der Waals surface area contributed by atoms with E-state index in [0.717, 1.165) is 30.2 Å². The van der Waals surface area contributed by atoms with Gasteiger partial charge >= 0.3 is 0 Å². The van der Waals surface area contributed by atoms with Crippen molar-refractivity contribution in [3.63, 3.8) is 0 Å². The normalized spacial score (nSPS) is 21.1. The number of methoxy groups -OCH3 is 1. The number of nitrogens with one attached hydrogen (secondary N) is 1. The van der Waals surface area contributed by atoms with Gasteiger partial charge in [0.2, 0.25) is 0 Å². The first-order valence-electron chi connectivity index (χ1n) is 8.13. The molecule has 2 unspecified atom stereocenters. The van der Waals surface area contributed by atoms with Crippen LogP contribution in [0.1, 0.15) is 50.4 Å². The Hall–Kier alpha value is -1.09. The lowest BCUT2D eigenvalue weighted by molar-refractivity contribution is 0.392. The molecule has 1 heterocycles. The summed E-state index contributed by atoms with van der Waals surface area (Å²) in [6.07, 6.45) is 5.43. The maximum absolute atomic E-state index is 5.54. The van der Waals surface area contributed by atoms with Crippen LogP contribution in [-0.2, 0) is 6.42 Å². The largest absolute Gasteiger partial charge is 0.496 e. The highest BCUT2D eigenvalue weighted by molar-refractivity contribution is 5.41. The monoisotopic (exact) mass is 290 g/mol. The minimum Gasteiger partial charge on any atom is -0.496 e. The van der Waals surface area contributed by atoms with Crippen LogP contribution in [0.2, 0.25) is 0 Å². The summed E-state index contributed by atoms with van der Waals surface area (Å²) in [5.41, 5.74) is 3.96. The molecule has 2 rings (SSSR count). The highest BCUT2D eigenvalue weighted by atomic mass is 16.5. The molecule has 0 aromatic carbocycles. The molecule has 1 N–H and O–H groups in total. The number of ether oxygens (including phenoxy) is 1. The van der Waals surface area contributed by atoms with Crippen molar-refractivity contribution in [2.75, 3.05) is 13.7 Å². The number of nitrogens with zero attached hydrogens (tertiary/aromatic N) is 1. The maximum Gasteiger partial charge on any atom is 0.128 e. The Bertz CT molecular complexity index is 496. The molecule has 1 aliphatic carbocycles. The third kappa shape index (κ3) is 3.57. The number of pyridine rings is 1. The van der Waals surface area contributed by atoms with Gasteiger partial charge in [0.15, 0.2) is 0 Å². The van der Waals surface area contributed by atoms with Crippen molar-refractivity contribution in [3.8, 4) is 5.75 Å². The summed E-state index contributed by atoms with van der Waals surface area (Å²) in [5, 5.41) is 3.73. The minimum atomic E-state index is 0.480. The summed E-state index contributed by atoms with van der Waals surface area (Å²) in [4.78, 5) is 4.67. The van der Waals surface area contributed by atoms with Crippen LogP contribution in [0.5, 0.6) is 5.75 Å². The lowest BCUT2D eigenvalue weighted by Crippen LogP contribution is -2.35. The number of hydrogen-bond donors (Lipinski definition) is 1. The fourth-order valence-electron chi connectivity index (χ4n) is 3.37. The van der Waals surface area contributed by atoms with Gasteiger partial charge in [0.25, 0.3) is 0 Å². The molecule has 3 heteroatoms. The van der Waals surface area contributed by atoms with Crippen molar-refractivity contribution in [3.05, 3.63) is 23.0 Å². The van der Waals surface area contributed by atoms with E-state index in [1.807, 2.05) is 6.20 Å². The SMILES string of the molecule is CCCNC(Cc1ncc(C)c(OC)c1C)C1CC1(C)C. The van der Waals surface area contributed by atoms with Crippen LogP contribution in [0, 0.1) is 25.2 Å². The summed E-state index contributed by atoms with van der Waals surface area (Å²) < 4.78 is 5.54. The van der Waals surface area contributed by atoms with Gasteiger partial charge < -0.3 is 10.1 Å². The Labute approximate surface area is 129 Å². The Morgan fingerprint density at radius 2 is 2.10 bits per heavy atom. The quantitative estimate of drug-likeness (QED) is 0.832. The van der Waals surface area contributed by atoms with Crippen LogP contribution in [0.3, 0.4) is 0 Å². The van der Waals surface area contributed by atoms with E-state index in [1.165, 1.54) is 24.1 Å². The van der Waals surface area contributed by atoms with Gasteiger partial charge in [-0.25, -0.2) is 0 Å². The van der Waals surface area contributed by atoms with E-state index in [4.69, 9.17) is 4.74 Å². The number of aryl methyl sites for hydroxylation is 1. The Morgan fingerprint density at radius 3 is 2.62 bits per heavy atom. The van der Waals surface area contributed by atoms with Crippen LogP contribution in [0.15, 0.2) is 6.20 Å². The van der Waals surface area contributed by atoms with Crippen LogP contribution >= 0.6 is 0 Å². The molecular weight excluding hydrogens is 260 g/mol. The molecular formula is C18H30N2O. The fourth-order valence-corrected chi connectivity index (χ4v) is 3.37. The Kier molecular flexibility index (Phi) is 4.92. The van der Waals surface area contributed by atoms with Crippen molar-refractivity contribution in [1.82, 2.24) is 10.3 Å². The van der Waals surface area contributed by atoms with E-state index >= 15 is 0 Å². The van der Waals surface area contributed by atoms with Crippen LogP contribution in [0.4, 0.5) is 0 Å². The smallest absolute Gasteiger partial charge is 0.128 e. The van der Waals surface area contributed by atoms with Crippen molar-refractivity contribution < 1.29 is 4.74 Å². The molecule has 0 amide bonds. The summed E-state index contributed by atoms with van der Waals surface area (Å²) in [6, 6.07) is 0.526. The molecule has 21 heavy (non-hydrogen) atoms. The Balaban J connectivity index is 2.17. The second-order valence-corrected chi connectivity index (χ2v) is 7.11. The minimum absolute atomic E-state index is 0.480. The van der Waals surface area contributed by atoms with Crippen molar-refractivity contribution in [1.29, 1.82) is 0 Å². The lowest BCUT2D eigenvalue weighted by Gasteiger charge is -2.22. The van der Waals surface area contributed by atoms with Gasteiger partial charge in [-0.1, -0.05) is 20.8 Å². The predicted octanol–water partition coefficient (Wildman–Crippen LogP) is 3.66. The van der Waals surface area contributed by atoms with Crippen molar-refractivity contribution in [2.24, 2.45) is 11.3 Å². The second-order valence-electron chi connectivity index (χ2n) is 7.11. The van der Waals surface area contributed by atoms with E-state index in [9.17, 15) is 0 Å². The Morgan fingerprint density at radius 1 is 1.43 bits per heavy atom. The molecule has 1 aromatic heterocycles. The van der Waals surface area contributed by atoms with Gasteiger partial charge in [0.05, 0.1) is 7.11 Å². The average molecular weight is 290 g/mol. The van der Waals surface area contributed by atoms with E-state index in [-0.39, 0.29) is 0 Å². The highest BCUT2D eigenvalue weighted by Crippen LogP contribution is 2.54. The molecule has 118 valence electrons. The zero-order valence-electron chi connectivity index (χ0n) is 14.4. The summed E-state index contributed by atoms with van der Waals surface area (Å²) in [5.74, 6) is 1.75. The number of aromatic nitrogens is 1. The number of rotatable bonds is 7. The topological polar surface area (TPSA) is 34.2 Å². The van der Waals surface area contributed by atoms with Crippen molar-refractivity contribution >= 4 is 0 Å². The molecule has 0 radical (unpaired) electrons. The second kappa shape index (κ2) is 6.35. The maximum atomic E-state index is 5.54. The van der Waals surface area contributed by atoms with Crippen molar-refractivity contribution in [2.45, 2.75) is 59.9 Å². The molecule has 0 saturated heterocycles. The molecule has 2 atom stereocenters. The molecule has 1 fully saturated rings. The lowest BCUT2D eigenvalue weighted by atomic mass is 9.97. The van der Waals surface area contributed by atoms with Gasteiger partial charge in [-0.3, -0.25) is 4.98 Å². The molecule has 1 aliphatic rings. The third-order valence-electron chi connectivity index (χ3n) is 4.89. The van der Waals surface area contributed by atoms with Gasteiger partial charge in [-0.15, -0.1) is 0 Å². The highest BCUT2D eigenvalue weighted by Gasteiger charge is 2.49. The zero-order valence-corrected chi connectivity index (χ0v) is 14.4. The van der Waals surface area contributed by atoms with Crippen LogP contribution in [-0.4, -0.2) is 24.7 Å². The molecule has 1 aromatic rings. The fraction of sp³-hybridized carbons (Fsp3) is 0.722. The first-order chi connectivity index (χ1) is 9.90. The van der Waals surface area contributed by atoms with Gasteiger partial charge in [0, 0.05) is 35.5 Å². The summed E-state index contributed by atoms with van der Waals surface area (Å²) >= 11 is 0. The molecule has 0 spiro atoms. The average Bonchev–Trinajstić information content (AvgIpc) is 3.06. The van der Waals surface area contributed by atoms with E-state index < -0.39 is 0 Å². The predicted molar refractivity (Wildman–Crippen MR) is 87.9 cm³/mol. The molecule has 1 saturated carbocycles. The van der Waals surface area contributed by atoms with Crippen LogP contribution < -0.4 is 10.1 Å². The first kappa shape index (κ1) is 16.3. The van der Waals surface area contributed by atoms with E-state index in [2.05, 4.69) is 44.9 Å². The first-order valence-corrected chi connectivity index (χ1v) is 8.13. The number of hydrogen-bond acceptors (Lipinski definition) is 3.